The normalized spacial score (nSPS) is 17.9. The van der Waals surface area contributed by atoms with E-state index in [4.69, 9.17) is 0 Å². The zero-order valence-electron chi connectivity index (χ0n) is 16.6. The van der Waals surface area contributed by atoms with Crippen molar-refractivity contribution in [2.24, 2.45) is 5.92 Å². The molecule has 2 aromatic carbocycles. The summed E-state index contributed by atoms with van der Waals surface area (Å²) in [5.74, 6) is 0.934. The second-order valence-corrected chi connectivity index (χ2v) is 14.5. The van der Waals surface area contributed by atoms with E-state index in [1.54, 1.807) is 10.8 Å². The van der Waals surface area contributed by atoms with Crippen LogP contribution in [0.2, 0.25) is 19.6 Å². The van der Waals surface area contributed by atoms with Gasteiger partial charge in [0, 0.05) is 0 Å². The lowest BCUT2D eigenvalue weighted by atomic mass is 9.84. The molecule has 26 heavy (non-hydrogen) atoms. The molecule has 0 atom stereocenters. The minimum Gasteiger partial charge on any atom is -0.0656 e. The van der Waals surface area contributed by atoms with Crippen LogP contribution < -0.4 is 5.19 Å². The van der Waals surface area contributed by atoms with Crippen molar-refractivity contribution in [3.63, 3.8) is 0 Å². The third-order valence-corrected chi connectivity index (χ3v) is 8.37. The Bertz CT molecular complexity index is 799. The molecule has 0 spiro atoms. The van der Waals surface area contributed by atoms with Crippen LogP contribution in [-0.2, 0) is 6.42 Å². The first-order valence-corrected chi connectivity index (χ1v) is 13.9. The minimum atomic E-state index is -1.23. The van der Waals surface area contributed by atoms with Crippen molar-refractivity contribution in [3.8, 4) is 11.1 Å². The Morgan fingerprint density at radius 2 is 1.62 bits per heavy atom. The molecule has 0 unspecified atom stereocenters. The van der Waals surface area contributed by atoms with Gasteiger partial charge in [-0.1, -0.05) is 111 Å². The standard InChI is InChI=1S/C25H32Si/c1-26(2,3)23-14-12-21(13-15-23)24-11-7-10-22-17-20(18-25(22)24)16-19-8-5-4-6-9-19/h7,10-15,18-19H,4-6,8-9,16-17H2,1-3H3. The highest BCUT2D eigenvalue weighted by molar-refractivity contribution is 6.88. The predicted molar refractivity (Wildman–Crippen MR) is 118 cm³/mol. The topological polar surface area (TPSA) is 0 Å². The van der Waals surface area contributed by atoms with Gasteiger partial charge < -0.3 is 0 Å². The lowest BCUT2D eigenvalue weighted by Crippen LogP contribution is -2.37. The van der Waals surface area contributed by atoms with E-state index >= 15 is 0 Å². The average molecular weight is 361 g/mol. The summed E-state index contributed by atoms with van der Waals surface area (Å²) >= 11 is 0. The van der Waals surface area contributed by atoms with Crippen molar-refractivity contribution < 1.29 is 0 Å². The summed E-state index contributed by atoms with van der Waals surface area (Å²) in [5.41, 5.74) is 7.47. The summed E-state index contributed by atoms with van der Waals surface area (Å²) in [4.78, 5) is 0. The molecule has 2 aliphatic rings. The van der Waals surface area contributed by atoms with Gasteiger partial charge in [-0.3, -0.25) is 0 Å². The van der Waals surface area contributed by atoms with Gasteiger partial charge >= 0.3 is 0 Å². The first-order chi connectivity index (χ1) is 12.5. The van der Waals surface area contributed by atoms with Gasteiger partial charge in [0.25, 0.3) is 0 Å². The number of fused-ring (bicyclic) bond motifs is 1. The number of allylic oxidation sites excluding steroid dienone is 1. The van der Waals surface area contributed by atoms with E-state index in [0.717, 1.165) is 5.92 Å². The molecule has 1 saturated carbocycles. The van der Waals surface area contributed by atoms with Crippen LogP contribution in [0.25, 0.3) is 17.2 Å². The van der Waals surface area contributed by atoms with E-state index in [-0.39, 0.29) is 0 Å². The van der Waals surface area contributed by atoms with Crippen LogP contribution in [0.15, 0.2) is 48.0 Å². The molecule has 0 aliphatic heterocycles. The van der Waals surface area contributed by atoms with Crippen molar-refractivity contribution in [2.75, 3.05) is 0 Å². The molecule has 0 nitrogen and oxygen atoms in total. The Balaban J connectivity index is 1.59. The zero-order valence-corrected chi connectivity index (χ0v) is 17.6. The molecular weight excluding hydrogens is 328 g/mol. The Labute approximate surface area is 160 Å². The Hall–Kier alpha value is -1.60. The van der Waals surface area contributed by atoms with Crippen LogP contribution in [0, 0.1) is 5.92 Å². The van der Waals surface area contributed by atoms with Gasteiger partial charge in [-0.25, -0.2) is 0 Å². The van der Waals surface area contributed by atoms with Gasteiger partial charge in [-0.2, -0.15) is 0 Å². The summed E-state index contributed by atoms with van der Waals surface area (Å²) in [5, 5.41) is 1.54. The lowest BCUT2D eigenvalue weighted by Gasteiger charge is -2.21. The van der Waals surface area contributed by atoms with E-state index < -0.39 is 8.07 Å². The molecule has 136 valence electrons. The van der Waals surface area contributed by atoms with Gasteiger partial charge in [0.05, 0.1) is 8.07 Å². The van der Waals surface area contributed by atoms with E-state index in [9.17, 15) is 0 Å². The largest absolute Gasteiger partial charge is 0.0775 e. The van der Waals surface area contributed by atoms with Crippen molar-refractivity contribution in [3.05, 3.63) is 59.2 Å². The van der Waals surface area contributed by atoms with E-state index in [1.807, 2.05) is 0 Å². The first kappa shape index (κ1) is 17.8. The highest BCUT2D eigenvalue weighted by Gasteiger charge is 2.21. The molecule has 0 aromatic heterocycles. The molecular formula is C25H32Si. The third kappa shape index (κ3) is 3.73. The quantitative estimate of drug-likeness (QED) is 0.525. The summed E-state index contributed by atoms with van der Waals surface area (Å²) in [6.07, 6.45) is 12.2. The highest BCUT2D eigenvalue weighted by Crippen LogP contribution is 2.38. The fourth-order valence-corrected chi connectivity index (χ4v) is 5.90. The molecule has 0 N–H and O–H groups in total. The molecule has 2 aliphatic carbocycles. The fourth-order valence-electron chi connectivity index (χ4n) is 4.73. The summed E-state index contributed by atoms with van der Waals surface area (Å²) in [6.45, 7) is 7.26. The number of hydrogen-bond acceptors (Lipinski definition) is 0. The second-order valence-electron chi connectivity index (χ2n) is 9.39. The maximum absolute atomic E-state index is 2.52. The van der Waals surface area contributed by atoms with Gasteiger partial charge in [0.1, 0.15) is 0 Å². The SMILES string of the molecule is C[Si](C)(C)c1ccc(-c2cccc3c2C=C(CC2CCCCC2)C3)cc1. The maximum atomic E-state index is 2.52. The number of rotatable bonds is 4. The van der Waals surface area contributed by atoms with Gasteiger partial charge in [-0.15, -0.1) is 0 Å². The van der Waals surface area contributed by atoms with Crippen molar-refractivity contribution in [2.45, 2.75) is 64.6 Å². The smallest absolute Gasteiger partial charge is 0.0656 e. The molecule has 1 fully saturated rings. The molecule has 0 radical (unpaired) electrons. The van der Waals surface area contributed by atoms with Crippen LogP contribution in [0.3, 0.4) is 0 Å². The highest BCUT2D eigenvalue weighted by atomic mass is 28.3. The van der Waals surface area contributed by atoms with Crippen molar-refractivity contribution in [1.29, 1.82) is 0 Å². The summed E-state index contributed by atoms with van der Waals surface area (Å²) in [7, 11) is -1.23. The van der Waals surface area contributed by atoms with Crippen LogP contribution >= 0.6 is 0 Å². The van der Waals surface area contributed by atoms with E-state index in [0.29, 0.717) is 0 Å². The second kappa shape index (κ2) is 7.19. The minimum absolute atomic E-state index is 0.934. The molecule has 0 saturated heterocycles. The molecule has 1 heteroatoms. The van der Waals surface area contributed by atoms with Crippen LogP contribution in [0.5, 0.6) is 0 Å². The maximum Gasteiger partial charge on any atom is 0.0775 e. The van der Waals surface area contributed by atoms with Crippen LogP contribution in [0.4, 0.5) is 0 Å². The fraction of sp³-hybridized carbons (Fsp3) is 0.440. The Morgan fingerprint density at radius 1 is 0.885 bits per heavy atom. The van der Waals surface area contributed by atoms with Crippen molar-refractivity contribution in [1.82, 2.24) is 0 Å². The zero-order chi connectivity index (χ0) is 18.1. The van der Waals surface area contributed by atoms with Gasteiger partial charge in [0.2, 0.25) is 0 Å². The monoisotopic (exact) mass is 360 g/mol. The first-order valence-electron chi connectivity index (χ1n) is 10.4. The van der Waals surface area contributed by atoms with Gasteiger partial charge in [-0.05, 0) is 41.0 Å². The van der Waals surface area contributed by atoms with E-state index in [1.165, 1.54) is 67.2 Å². The summed E-state index contributed by atoms with van der Waals surface area (Å²) in [6, 6.07) is 16.3. The molecule has 2 aromatic rings. The number of benzene rings is 2. The van der Waals surface area contributed by atoms with Crippen LogP contribution in [0.1, 0.15) is 49.7 Å². The predicted octanol–water partition coefficient (Wildman–Crippen LogP) is 6.81. The molecule has 0 amide bonds. The summed E-state index contributed by atoms with van der Waals surface area (Å²) < 4.78 is 0. The Kier molecular flexibility index (Phi) is 4.92. The van der Waals surface area contributed by atoms with Crippen LogP contribution in [-0.4, -0.2) is 8.07 Å². The lowest BCUT2D eigenvalue weighted by molar-refractivity contribution is 0.355. The molecule has 4 rings (SSSR count). The molecule has 0 bridgehead atoms. The van der Waals surface area contributed by atoms with Gasteiger partial charge in [0.15, 0.2) is 0 Å². The number of hydrogen-bond donors (Lipinski definition) is 0. The average Bonchev–Trinajstić information content (AvgIpc) is 3.04. The Morgan fingerprint density at radius 3 is 2.31 bits per heavy atom. The molecule has 0 heterocycles. The van der Waals surface area contributed by atoms with E-state index in [2.05, 4.69) is 68.2 Å². The third-order valence-electron chi connectivity index (χ3n) is 6.30. The van der Waals surface area contributed by atoms with Crippen molar-refractivity contribution >= 4 is 19.3 Å².